The molecular weight excluding hydrogens is 122 g/mol. The number of likely N-dealkylation sites (N-methyl/N-ethyl adjacent to an activating group) is 1. The van der Waals surface area contributed by atoms with Gasteiger partial charge in [-0.15, -0.1) is 0 Å². The van der Waals surface area contributed by atoms with Crippen LogP contribution in [0.4, 0.5) is 0 Å². The molecule has 5 N–H and O–H groups in total. The molecular formula is C5H18NO3+. The lowest BCUT2D eigenvalue weighted by molar-refractivity contribution is -0.870. The Balaban J connectivity index is -0.000000180. The van der Waals surface area contributed by atoms with Crippen molar-refractivity contribution in [3.8, 4) is 0 Å². The second-order valence-electron chi connectivity index (χ2n) is 2.74. The molecule has 0 fully saturated rings. The number of hydrogen-bond acceptors (Lipinski definition) is 1. The minimum atomic E-state index is 0. The molecule has 0 amide bonds. The molecule has 0 unspecified atom stereocenters. The van der Waals surface area contributed by atoms with E-state index in [1.165, 1.54) is 0 Å². The molecule has 0 bridgehead atoms. The number of aliphatic hydroxyl groups excluding tert-OH is 1. The largest absolute Gasteiger partial charge is 0.412 e. The number of rotatable bonds is 2. The van der Waals surface area contributed by atoms with Crippen molar-refractivity contribution in [2.75, 3.05) is 34.3 Å². The lowest BCUT2D eigenvalue weighted by atomic mass is 10.5. The van der Waals surface area contributed by atoms with E-state index in [0.717, 1.165) is 11.0 Å². The first kappa shape index (κ1) is 15.9. The van der Waals surface area contributed by atoms with Gasteiger partial charge in [0, 0.05) is 0 Å². The van der Waals surface area contributed by atoms with Gasteiger partial charge in [0.2, 0.25) is 0 Å². The summed E-state index contributed by atoms with van der Waals surface area (Å²) in [5.41, 5.74) is 0. The SMILES string of the molecule is C[N+](C)(C)CCO.O.O. The third-order valence-corrected chi connectivity index (χ3v) is 0.771. The van der Waals surface area contributed by atoms with E-state index >= 15 is 0 Å². The Morgan fingerprint density at radius 1 is 1.11 bits per heavy atom. The topological polar surface area (TPSA) is 83.2 Å². The van der Waals surface area contributed by atoms with Gasteiger partial charge in [-0.1, -0.05) is 0 Å². The van der Waals surface area contributed by atoms with E-state index in [9.17, 15) is 0 Å². The molecule has 0 spiro atoms. The number of aliphatic hydroxyl groups is 1. The van der Waals surface area contributed by atoms with Crippen LogP contribution in [0.1, 0.15) is 0 Å². The summed E-state index contributed by atoms with van der Waals surface area (Å²) in [7, 11) is 6.16. The van der Waals surface area contributed by atoms with Gasteiger partial charge in [0.05, 0.1) is 27.7 Å². The Bertz CT molecular complexity index is 50.7. The molecule has 0 saturated heterocycles. The highest BCUT2D eigenvalue weighted by molar-refractivity contribution is 4.19. The maximum Gasteiger partial charge on any atom is 0.101 e. The smallest absolute Gasteiger partial charge is 0.101 e. The summed E-state index contributed by atoms with van der Waals surface area (Å²) in [4.78, 5) is 0. The predicted octanol–water partition coefficient (Wildman–Crippen LogP) is -1.96. The van der Waals surface area contributed by atoms with Crippen LogP contribution in [0, 0.1) is 0 Å². The first-order chi connectivity index (χ1) is 3.06. The summed E-state index contributed by atoms with van der Waals surface area (Å²) in [5.74, 6) is 0. The highest BCUT2D eigenvalue weighted by Crippen LogP contribution is 1.84. The fourth-order valence-corrected chi connectivity index (χ4v) is 0.300. The third-order valence-electron chi connectivity index (χ3n) is 0.771. The molecule has 9 heavy (non-hydrogen) atoms. The van der Waals surface area contributed by atoms with Crippen LogP contribution in [0.15, 0.2) is 0 Å². The highest BCUT2D eigenvalue weighted by atomic mass is 16.3. The normalized spacial score (nSPS) is 9.33. The van der Waals surface area contributed by atoms with Gasteiger partial charge < -0.3 is 20.5 Å². The summed E-state index contributed by atoms with van der Waals surface area (Å²) >= 11 is 0. The van der Waals surface area contributed by atoms with Gasteiger partial charge in [-0.25, -0.2) is 0 Å². The van der Waals surface area contributed by atoms with E-state index in [1.54, 1.807) is 0 Å². The molecule has 0 heterocycles. The standard InChI is InChI=1S/C5H14NO.2H2O/c1-6(2,3)4-5-7;;/h7H,4-5H2,1-3H3;2*1H2/q+1;;. The van der Waals surface area contributed by atoms with Gasteiger partial charge in [-0.05, 0) is 0 Å². The number of quaternary nitrogens is 1. The van der Waals surface area contributed by atoms with Crippen molar-refractivity contribution in [3.05, 3.63) is 0 Å². The Kier molecular flexibility index (Phi) is 10.6. The molecule has 4 heteroatoms. The quantitative estimate of drug-likeness (QED) is 0.444. The second kappa shape index (κ2) is 5.97. The Morgan fingerprint density at radius 3 is 1.44 bits per heavy atom. The van der Waals surface area contributed by atoms with Crippen molar-refractivity contribution < 1.29 is 20.5 Å². The molecule has 0 rings (SSSR count). The van der Waals surface area contributed by atoms with E-state index < -0.39 is 0 Å². The second-order valence-corrected chi connectivity index (χ2v) is 2.74. The average Bonchev–Trinajstić information content (AvgIpc) is 1.30. The van der Waals surface area contributed by atoms with Crippen LogP contribution in [-0.4, -0.2) is 54.8 Å². The summed E-state index contributed by atoms with van der Waals surface area (Å²) in [6.07, 6.45) is 0. The van der Waals surface area contributed by atoms with Crippen molar-refractivity contribution in [1.29, 1.82) is 0 Å². The van der Waals surface area contributed by atoms with E-state index in [4.69, 9.17) is 5.11 Å². The van der Waals surface area contributed by atoms with Crippen LogP contribution in [0.3, 0.4) is 0 Å². The van der Waals surface area contributed by atoms with E-state index in [0.29, 0.717) is 0 Å². The van der Waals surface area contributed by atoms with Crippen LogP contribution in [0.25, 0.3) is 0 Å². The first-order valence-corrected chi connectivity index (χ1v) is 2.47. The molecule has 0 saturated carbocycles. The van der Waals surface area contributed by atoms with Crippen LogP contribution in [-0.2, 0) is 0 Å². The van der Waals surface area contributed by atoms with Crippen LogP contribution in [0.2, 0.25) is 0 Å². The molecule has 0 atom stereocenters. The van der Waals surface area contributed by atoms with E-state index in [-0.39, 0.29) is 17.6 Å². The molecule has 0 aromatic carbocycles. The lowest BCUT2D eigenvalue weighted by Gasteiger charge is -2.21. The van der Waals surface area contributed by atoms with Crippen molar-refractivity contribution in [2.24, 2.45) is 0 Å². The minimum absolute atomic E-state index is 0. The average molecular weight is 140 g/mol. The summed E-state index contributed by atoms with van der Waals surface area (Å²) in [6, 6.07) is 0. The maximum absolute atomic E-state index is 8.39. The first-order valence-electron chi connectivity index (χ1n) is 2.47. The maximum atomic E-state index is 8.39. The zero-order chi connectivity index (χ0) is 5.91. The summed E-state index contributed by atoms with van der Waals surface area (Å²) in [5, 5.41) is 8.39. The molecule has 0 aliphatic carbocycles. The highest BCUT2D eigenvalue weighted by Gasteiger charge is 2.02. The number of hydrogen-bond donors (Lipinski definition) is 1. The van der Waals surface area contributed by atoms with Gasteiger partial charge in [-0.2, -0.15) is 0 Å². The third kappa shape index (κ3) is 18.1. The van der Waals surface area contributed by atoms with Gasteiger partial charge >= 0.3 is 0 Å². The fraction of sp³-hybridized carbons (Fsp3) is 1.00. The molecule has 0 aromatic heterocycles. The molecule has 0 radical (unpaired) electrons. The van der Waals surface area contributed by atoms with Gasteiger partial charge in [0.25, 0.3) is 0 Å². The zero-order valence-corrected chi connectivity index (χ0v) is 6.31. The number of nitrogens with zero attached hydrogens (tertiary/aromatic N) is 1. The Morgan fingerprint density at radius 2 is 1.44 bits per heavy atom. The van der Waals surface area contributed by atoms with Crippen molar-refractivity contribution in [1.82, 2.24) is 0 Å². The van der Waals surface area contributed by atoms with Crippen LogP contribution in [0.5, 0.6) is 0 Å². The molecule has 0 aromatic rings. The van der Waals surface area contributed by atoms with Crippen LogP contribution >= 0.6 is 0 Å². The molecule has 0 aliphatic heterocycles. The van der Waals surface area contributed by atoms with E-state index in [2.05, 4.69) is 21.1 Å². The Labute approximate surface area is 55.9 Å². The van der Waals surface area contributed by atoms with Crippen molar-refractivity contribution >= 4 is 0 Å². The van der Waals surface area contributed by atoms with Crippen LogP contribution < -0.4 is 0 Å². The van der Waals surface area contributed by atoms with Crippen molar-refractivity contribution in [2.45, 2.75) is 0 Å². The molecule has 60 valence electrons. The molecule has 4 nitrogen and oxygen atoms in total. The van der Waals surface area contributed by atoms with Gasteiger partial charge in [0.15, 0.2) is 0 Å². The van der Waals surface area contributed by atoms with E-state index in [1.807, 2.05) is 0 Å². The Hall–Kier alpha value is -0.160. The lowest BCUT2D eigenvalue weighted by Crippen LogP contribution is -2.36. The minimum Gasteiger partial charge on any atom is -0.412 e. The van der Waals surface area contributed by atoms with Gasteiger partial charge in [0.1, 0.15) is 6.54 Å². The summed E-state index contributed by atoms with van der Waals surface area (Å²) in [6.45, 7) is 1.11. The van der Waals surface area contributed by atoms with Gasteiger partial charge in [-0.3, -0.25) is 0 Å². The molecule has 0 aliphatic rings. The predicted molar refractivity (Wildman–Crippen MR) is 37.2 cm³/mol. The zero-order valence-electron chi connectivity index (χ0n) is 6.31. The summed E-state index contributed by atoms with van der Waals surface area (Å²) < 4.78 is 0.844. The monoisotopic (exact) mass is 140 g/mol. The van der Waals surface area contributed by atoms with Crippen molar-refractivity contribution in [3.63, 3.8) is 0 Å². The fourth-order valence-electron chi connectivity index (χ4n) is 0.300.